The van der Waals surface area contributed by atoms with E-state index in [0.29, 0.717) is 28.3 Å². The van der Waals surface area contributed by atoms with Gasteiger partial charge in [0, 0.05) is 102 Å². The maximum atomic E-state index is 12.0. The summed E-state index contributed by atoms with van der Waals surface area (Å²) in [5, 5.41) is 14.0. The number of rotatable bonds is 20. The highest BCUT2D eigenvalue weighted by Gasteiger charge is 2.30. The molecule has 0 aliphatic heterocycles. The lowest BCUT2D eigenvalue weighted by atomic mass is 10.0. The average molecular weight is 1790 g/mol. The Balaban J connectivity index is 0.000000223. The third-order valence-corrected chi connectivity index (χ3v) is 19.0. The number of carbonyl (C=O) groups is 8. The molecule has 24 nitrogen and oxygen atoms in total. The molecule has 4 heterocycles. The van der Waals surface area contributed by atoms with Crippen LogP contribution < -0.4 is 40.2 Å². The second-order valence-electron chi connectivity index (χ2n) is 19.7. The zero-order chi connectivity index (χ0) is 68.6. The normalized spacial score (nSPS) is 12.0. The lowest BCUT2D eigenvalue weighted by Gasteiger charge is -2.16. The van der Waals surface area contributed by atoms with Crippen molar-refractivity contribution < 1.29 is 76.3 Å². The highest BCUT2D eigenvalue weighted by molar-refractivity contribution is 9.12. The van der Waals surface area contributed by atoms with Crippen LogP contribution in [0.4, 0.5) is 0 Å². The molecule has 0 aliphatic carbocycles. The molecule has 8 aromatic rings. The minimum atomic E-state index is -0.792. The van der Waals surface area contributed by atoms with Crippen LogP contribution in [0.1, 0.15) is 49.9 Å². The number of esters is 4. The summed E-state index contributed by atoms with van der Waals surface area (Å²) in [5.41, 5.74) is 6.93. The third-order valence-electron chi connectivity index (χ3n) is 13.6. The SMILES string of the molecule is COC(=O)[C@H](Cc1c(Br)[nH]c2c(Br)cc(OC)c(Br)c12)NC(C)=O.COC(=O)[C@H](Cc1c(Br)[nH]c2cc(Br)c(OC)c(Br)c12)NC(C)=O.COC(=O)[C@H](Cc1c(Br)[nH]c2cc(Br)c(OC)cc12)NC(C)=O.COC(=O)[C@H](Cc1c[nH]c2ccc(OC)cc12)NC(C)=O. The van der Waals surface area contributed by atoms with Gasteiger partial charge in [-0.2, -0.15) is 0 Å². The summed E-state index contributed by atoms with van der Waals surface area (Å²) in [7, 11) is 11.5. The molecule has 4 aromatic carbocycles. The van der Waals surface area contributed by atoms with Crippen molar-refractivity contribution in [2.75, 3.05) is 56.9 Å². The molecular weight excluding hydrogens is 1730 g/mol. The molecule has 0 spiro atoms. The number of H-pyrrole nitrogens is 4. The molecule has 0 saturated carbocycles. The molecule has 8 rings (SSSR count). The van der Waals surface area contributed by atoms with Crippen molar-refractivity contribution in [1.82, 2.24) is 41.2 Å². The number of amides is 4. The lowest BCUT2D eigenvalue weighted by Crippen LogP contribution is -2.42. The van der Waals surface area contributed by atoms with E-state index >= 15 is 0 Å². The van der Waals surface area contributed by atoms with Gasteiger partial charge < -0.3 is 79.1 Å². The fraction of sp³-hybridized carbons (Fsp3) is 0.333. The molecule has 0 fully saturated rings. The molecule has 4 aromatic heterocycles. The van der Waals surface area contributed by atoms with Crippen LogP contribution in [-0.4, -0.2) is 148 Å². The van der Waals surface area contributed by atoms with Gasteiger partial charge in [0.1, 0.15) is 47.2 Å². The zero-order valence-corrected chi connectivity index (χ0v) is 64.0. The van der Waals surface area contributed by atoms with Crippen LogP contribution >= 0.6 is 127 Å². The monoisotopic (exact) mass is 1780 g/mol. The summed E-state index contributed by atoms with van der Waals surface area (Å²) in [4.78, 5) is 106. The first kappa shape index (κ1) is 76.6. The minimum Gasteiger partial charge on any atom is -0.497 e. The molecule has 0 radical (unpaired) electrons. The predicted octanol–water partition coefficient (Wildman–Crippen LogP) is 11.7. The van der Waals surface area contributed by atoms with Crippen molar-refractivity contribution >= 4 is 219 Å². The number of benzene rings is 4. The van der Waals surface area contributed by atoms with Gasteiger partial charge >= 0.3 is 23.9 Å². The van der Waals surface area contributed by atoms with E-state index in [1.807, 2.05) is 48.7 Å². The molecule has 32 heteroatoms. The number of carbonyl (C=O) groups excluding carboxylic acids is 8. The maximum absolute atomic E-state index is 12.0. The zero-order valence-electron chi connectivity index (χ0n) is 51.3. The van der Waals surface area contributed by atoms with E-state index in [-0.39, 0.29) is 42.9 Å². The highest BCUT2D eigenvalue weighted by atomic mass is 79.9. The Morgan fingerprint density at radius 1 is 0.424 bits per heavy atom. The fourth-order valence-electron chi connectivity index (χ4n) is 9.50. The number of methoxy groups -OCH3 is 8. The standard InChI is InChI=1S/2C15H15Br3N2O4.C15H16Br2N2O4.C15H18N2O4/c1-6(21)19-10(15(22)24-3)4-7-11-9(20-14(7)18)5-8(16)13(23-2)12(11)17;1-6(21)19-9(15(22)24-3)4-7-11-12(17)10(23-2)5-8(16)13(11)20-14(7)18;1-7(20)18-12(15(21)23-3)4-9-8-5-13(22-2)10(16)6-11(8)19-14(9)17;1-9(18)17-14(15(19)21-3)6-10-8-16-13-5-4-11(20-2)7-12(10)13/h5,10,20H,4H2,1-3H3,(H,19,21);5,9,20H,4H2,1-3H3,(H,19,21);5-6,12,19H,4H2,1-3H3,(H,18,20);4-5,7-8,14,16H,6H2,1-3H3,(H,17,18)/t10-;9-;12-;14-/m0000/s1. The first-order chi connectivity index (χ1) is 43.5. The van der Waals surface area contributed by atoms with Crippen LogP contribution in [0, 0.1) is 0 Å². The smallest absolute Gasteiger partial charge is 0.328 e. The van der Waals surface area contributed by atoms with Gasteiger partial charge in [-0.25, -0.2) is 19.2 Å². The molecule has 4 amide bonds. The molecule has 92 heavy (non-hydrogen) atoms. The van der Waals surface area contributed by atoms with Gasteiger partial charge in [-0.3, -0.25) is 19.2 Å². The topological polar surface area (TPSA) is 322 Å². The van der Waals surface area contributed by atoms with E-state index in [1.165, 1.54) is 56.1 Å². The van der Waals surface area contributed by atoms with Crippen LogP contribution in [0.2, 0.25) is 0 Å². The Bertz CT molecular complexity index is 4050. The van der Waals surface area contributed by atoms with E-state index in [2.05, 4.69) is 169 Å². The quantitative estimate of drug-likeness (QED) is 0.0260. The van der Waals surface area contributed by atoms with Crippen LogP contribution in [0.15, 0.2) is 84.8 Å². The molecule has 0 bridgehead atoms. The Hall–Kier alpha value is -6.16. The molecule has 496 valence electrons. The molecule has 0 saturated heterocycles. The fourth-order valence-corrected chi connectivity index (χ4v) is 14.6. The van der Waals surface area contributed by atoms with Crippen molar-refractivity contribution in [3.8, 4) is 23.0 Å². The van der Waals surface area contributed by atoms with E-state index in [1.54, 1.807) is 28.4 Å². The van der Waals surface area contributed by atoms with E-state index < -0.39 is 48.0 Å². The van der Waals surface area contributed by atoms with Crippen LogP contribution in [-0.2, 0) is 83.0 Å². The van der Waals surface area contributed by atoms with Gasteiger partial charge in [-0.1, -0.05) is 0 Å². The van der Waals surface area contributed by atoms with Crippen molar-refractivity contribution in [1.29, 1.82) is 0 Å². The lowest BCUT2D eigenvalue weighted by molar-refractivity contribution is -0.145. The van der Waals surface area contributed by atoms with Crippen molar-refractivity contribution in [3.05, 3.63) is 107 Å². The summed E-state index contributed by atoms with van der Waals surface area (Å²) >= 11 is 27.9. The van der Waals surface area contributed by atoms with Gasteiger partial charge in [0.05, 0.1) is 94.1 Å². The van der Waals surface area contributed by atoms with Gasteiger partial charge in [0.25, 0.3) is 0 Å². The summed E-state index contributed by atoms with van der Waals surface area (Å²) in [6.45, 7) is 5.44. The average Bonchev–Trinajstić information content (AvgIpc) is 1.61. The van der Waals surface area contributed by atoms with Gasteiger partial charge in [-0.05, 0) is 192 Å². The third kappa shape index (κ3) is 19.5. The predicted molar refractivity (Wildman–Crippen MR) is 374 cm³/mol. The summed E-state index contributed by atoms with van der Waals surface area (Å²) < 4.78 is 46.5. The molecule has 0 unspecified atom stereocenters. The number of halogens is 8. The van der Waals surface area contributed by atoms with Gasteiger partial charge in [0.2, 0.25) is 23.6 Å². The first-order valence-electron chi connectivity index (χ1n) is 27.0. The molecular formula is C60H64Br8N8O16. The Kier molecular flexibility index (Phi) is 29.4. The number of fused-ring (bicyclic) bond motifs is 4. The molecule has 4 atom stereocenters. The summed E-state index contributed by atoms with van der Waals surface area (Å²) in [6, 6.07) is 10.1. The second kappa shape index (κ2) is 35.4. The van der Waals surface area contributed by atoms with Crippen LogP contribution in [0.5, 0.6) is 23.0 Å². The van der Waals surface area contributed by atoms with Gasteiger partial charge in [0.15, 0.2) is 0 Å². The molecule has 8 N–H and O–H groups in total. The van der Waals surface area contributed by atoms with Crippen LogP contribution in [0.3, 0.4) is 0 Å². The largest absolute Gasteiger partial charge is 0.497 e. The van der Waals surface area contributed by atoms with E-state index in [4.69, 9.17) is 37.9 Å². The number of hydrogen-bond acceptors (Lipinski definition) is 16. The van der Waals surface area contributed by atoms with Crippen molar-refractivity contribution in [2.24, 2.45) is 0 Å². The Labute approximate surface area is 595 Å². The minimum absolute atomic E-state index is 0.255. The number of aromatic amines is 4. The van der Waals surface area contributed by atoms with Crippen LogP contribution in [0.25, 0.3) is 43.6 Å². The molecule has 0 aliphatic rings. The Morgan fingerprint density at radius 2 is 0.870 bits per heavy atom. The Morgan fingerprint density at radius 3 is 1.34 bits per heavy atom. The van der Waals surface area contributed by atoms with Gasteiger partial charge in [-0.15, -0.1) is 0 Å². The number of aromatic nitrogens is 4. The number of ether oxygens (including phenoxy) is 8. The van der Waals surface area contributed by atoms with E-state index in [9.17, 15) is 38.4 Å². The summed E-state index contributed by atoms with van der Waals surface area (Å²) in [5.74, 6) is -0.457. The summed E-state index contributed by atoms with van der Waals surface area (Å²) in [6.07, 6.45) is 2.97. The highest BCUT2D eigenvalue weighted by Crippen LogP contribution is 2.45. The van der Waals surface area contributed by atoms with Crippen molar-refractivity contribution in [2.45, 2.75) is 77.5 Å². The number of hydrogen-bond donors (Lipinski definition) is 8. The maximum Gasteiger partial charge on any atom is 0.328 e. The van der Waals surface area contributed by atoms with E-state index in [0.717, 1.165) is 103 Å². The first-order valence-corrected chi connectivity index (χ1v) is 33.4. The second-order valence-corrected chi connectivity index (χ2v) is 26.2. The van der Waals surface area contributed by atoms with Crippen molar-refractivity contribution in [3.63, 3.8) is 0 Å². The number of nitrogens with one attached hydrogen (secondary N) is 8.